The van der Waals surface area contributed by atoms with Crippen molar-refractivity contribution in [2.24, 2.45) is 0 Å². The van der Waals surface area contributed by atoms with Gasteiger partial charge in [-0.1, -0.05) is 18.2 Å². The molecule has 0 fully saturated rings. The molecule has 0 bridgehead atoms. The number of benzene rings is 2. The summed E-state index contributed by atoms with van der Waals surface area (Å²) in [5.41, 5.74) is 1.71. The highest BCUT2D eigenvalue weighted by Crippen LogP contribution is 2.28. The van der Waals surface area contributed by atoms with Crippen LogP contribution in [0.15, 0.2) is 48.5 Å². The number of hydrogen-bond donors (Lipinski definition) is 0. The molecule has 0 atom stereocenters. The zero-order chi connectivity index (χ0) is 18.1. The van der Waals surface area contributed by atoms with Crippen LogP contribution in [-0.2, 0) is 16.1 Å². The number of methoxy groups -OCH3 is 2. The molecule has 0 aliphatic carbocycles. The topological polar surface area (TPSA) is 54.0 Å². The van der Waals surface area contributed by atoms with Crippen molar-refractivity contribution in [1.82, 2.24) is 0 Å². The van der Waals surface area contributed by atoms with Crippen LogP contribution in [0, 0.1) is 0 Å². The Bertz CT molecular complexity index is 719. The normalized spacial score (nSPS) is 10.5. The summed E-state index contributed by atoms with van der Waals surface area (Å²) in [6.07, 6.45) is 3.06. The second kappa shape index (κ2) is 9.37. The summed E-state index contributed by atoms with van der Waals surface area (Å²) in [7, 11) is 3.18. The van der Waals surface area contributed by atoms with Gasteiger partial charge < -0.3 is 18.9 Å². The Balaban J connectivity index is 1.92. The highest BCUT2D eigenvalue weighted by molar-refractivity contribution is 5.87. The van der Waals surface area contributed by atoms with Crippen molar-refractivity contribution in [3.63, 3.8) is 0 Å². The molecule has 0 amide bonds. The second-order valence-corrected chi connectivity index (χ2v) is 5.13. The minimum atomic E-state index is -0.413. The fourth-order valence-corrected chi connectivity index (χ4v) is 2.15. The average molecular weight is 342 g/mol. The molecule has 0 aromatic heterocycles. The predicted octanol–water partition coefficient (Wildman–Crippen LogP) is 3.86. The van der Waals surface area contributed by atoms with Crippen molar-refractivity contribution in [2.75, 3.05) is 20.8 Å². The molecule has 0 radical (unpaired) electrons. The van der Waals surface area contributed by atoms with Crippen LogP contribution in [0.2, 0.25) is 0 Å². The van der Waals surface area contributed by atoms with Crippen LogP contribution in [0.4, 0.5) is 0 Å². The Kier molecular flexibility index (Phi) is 6.89. The zero-order valence-corrected chi connectivity index (χ0v) is 14.7. The van der Waals surface area contributed by atoms with E-state index >= 15 is 0 Å². The zero-order valence-electron chi connectivity index (χ0n) is 14.7. The van der Waals surface area contributed by atoms with Gasteiger partial charge in [0, 0.05) is 6.08 Å². The van der Waals surface area contributed by atoms with E-state index in [0.717, 1.165) is 16.9 Å². The third-order valence-corrected chi connectivity index (χ3v) is 3.44. The van der Waals surface area contributed by atoms with Crippen LogP contribution in [0.3, 0.4) is 0 Å². The number of rotatable bonds is 8. The van der Waals surface area contributed by atoms with Gasteiger partial charge in [-0.15, -0.1) is 0 Å². The fourth-order valence-electron chi connectivity index (χ4n) is 2.15. The molecule has 0 spiro atoms. The monoisotopic (exact) mass is 342 g/mol. The van der Waals surface area contributed by atoms with Gasteiger partial charge in [-0.25, -0.2) is 4.79 Å². The highest BCUT2D eigenvalue weighted by atomic mass is 16.5. The first-order chi connectivity index (χ1) is 12.2. The van der Waals surface area contributed by atoms with Gasteiger partial charge in [0.1, 0.15) is 12.4 Å². The Morgan fingerprint density at radius 3 is 2.40 bits per heavy atom. The van der Waals surface area contributed by atoms with Crippen molar-refractivity contribution in [3.8, 4) is 17.2 Å². The van der Waals surface area contributed by atoms with E-state index in [-0.39, 0.29) is 6.61 Å². The molecular formula is C20H22O5. The van der Waals surface area contributed by atoms with E-state index in [2.05, 4.69) is 0 Å². The van der Waals surface area contributed by atoms with Gasteiger partial charge in [0.05, 0.1) is 20.8 Å². The molecule has 0 saturated carbocycles. The second-order valence-electron chi connectivity index (χ2n) is 5.13. The van der Waals surface area contributed by atoms with E-state index < -0.39 is 5.97 Å². The van der Waals surface area contributed by atoms with Crippen molar-refractivity contribution >= 4 is 12.0 Å². The van der Waals surface area contributed by atoms with Crippen molar-refractivity contribution in [2.45, 2.75) is 13.5 Å². The van der Waals surface area contributed by atoms with Gasteiger partial charge in [0.2, 0.25) is 0 Å². The van der Waals surface area contributed by atoms with E-state index in [9.17, 15) is 4.79 Å². The number of ether oxygens (including phenoxy) is 4. The molecule has 132 valence electrons. The molecule has 25 heavy (non-hydrogen) atoms. The summed E-state index contributed by atoms with van der Waals surface area (Å²) < 4.78 is 21.1. The molecule has 2 aromatic carbocycles. The standard InChI is InChI=1S/C20H22O5/c1-4-24-18-11-7-15(13-19(18)23-3)8-12-20(21)25-14-16-5-9-17(22-2)10-6-16/h5-13H,4,14H2,1-3H3/b12-8+. The van der Waals surface area contributed by atoms with Gasteiger partial charge in [0.25, 0.3) is 0 Å². The van der Waals surface area contributed by atoms with E-state index in [1.165, 1.54) is 6.08 Å². The van der Waals surface area contributed by atoms with Crippen LogP contribution in [-0.4, -0.2) is 26.8 Å². The Morgan fingerprint density at radius 2 is 1.76 bits per heavy atom. The lowest BCUT2D eigenvalue weighted by Gasteiger charge is -2.09. The lowest BCUT2D eigenvalue weighted by Crippen LogP contribution is -2.00. The van der Waals surface area contributed by atoms with Crippen molar-refractivity contribution in [3.05, 3.63) is 59.7 Å². The molecule has 0 unspecified atom stereocenters. The summed E-state index contributed by atoms with van der Waals surface area (Å²) in [5, 5.41) is 0. The van der Waals surface area contributed by atoms with Crippen LogP contribution in [0.5, 0.6) is 17.2 Å². The van der Waals surface area contributed by atoms with Crippen molar-refractivity contribution < 1.29 is 23.7 Å². The molecule has 0 saturated heterocycles. The fraction of sp³-hybridized carbons (Fsp3) is 0.250. The molecule has 0 N–H and O–H groups in total. The maximum absolute atomic E-state index is 11.8. The molecule has 0 heterocycles. The first-order valence-electron chi connectivity index (χ1n) is 7.95. The molecule has 0 aliphatic rings. The minimum absolute atomic E-state index is 0.208. The van der Waals surface area contributed by atoms with Crippen LogP contribution < -0.4 is 14.2 Å². The lowest BCUT2D eigenvalue weighted by molar-refractivity contribution is -0.138. The van der Waals surface area contributed by atoms with Gasteiger partial charge in [0.15, 0.2) is 11.5 Å². The maximum Gasteiger partial charge on any atom is 0.331 e. The van der Waals surface area contributed by atoms with E-state index in [1.54, 1.807) is 26.4 Å². The quantitative estimate of drug-likeness (QED) is 0.539. The van der Waals surface area contributed by atoms with Crippen molar-refractivity contribution in [1.29, 1.82) is 0 Å². The third-order valence-electron chi connectivity index (χ3n) is 3.44. The molecule has 5 nitrogen and oxygen atoms in total. The Morgan fingerprint density at radius 1 is 1.00 bits per heavy atom. The van der Waals surface area contributed by atoms with Gasteiger partial charge in [-0.2, -0.15) is 0 Å². The third kappa shape index (κ3) is 5.57. The first kappa shape index (κ1) is 18.4. The average Bonchev–Trinajstić information content (AvgIpc) is 2.66. The molecular weight excluding hydrogens is 320 g/mol. The Hall–Kier alpha value is -2.95. The van der Waals surface area contributed by atoms with Crippen LogP contribution >= 0.6 is 0 Å². The summed E-state index contributed by atoms with van der Waals surface area (Å²) >= 11 is 0. The van der Waals surface area contributed by atoms with Gasteiger partial charge in [-0.05, 0) is 48.4 Å². The molecule has 5 heteroatoms. The maximum atomic E-state index is 11.8. The number of esters is 1. The molecule has 0 aliphatic heterocycles. The van der Waals surface area contributed by atoms with E-state index in [4.69, 9.17) is 18.9 Å². The van der Waals surface area contributed by atoms with Crippen LogP contribution in [0.25, 0.3) is 6.08 Å². The SMILES string of the molecule is CCOc1ccc(/C=C/C(=O)OCc2ccc(OC)cc2)cc1OC. The van der Waals surface area contributed by atoms with Gasteiger partial charge >= 0.3 is 5.97 Å². The lowest BCUT2D eigenvalue weighted by atomic mass is 10.2. The van der Waals surface area contributed by atoms with E-state index in [0.29, 0.717) is 18.1 Å². The number of carbonyl (C=O) groups is 1. The van der Waals surface area contributed by atoms with Gasteiger partial charge in [-0.3, -0.25) is 0 Å². The minimum Gasteiger partial charge on any atom is -0.497 e. The summed E-state index contributed by atoms with van der Waals surface area (Å²) in [6.45, 7) is 2.68. The molecule has 2 aromatic rings. The number of carbonyl (C=O) groups excluding carboxylic acids is 1. The highest BCUT2D eigenvalue weighted by Gasteiger charge is 2.05. The first-order valence-corrected chi connectivity index (χ1v) is 7.95. The summed E-state index contributed by atoms with van der Waals surface area (Å²) in [4.78, 5) is 11.8. The largest absolute Gasteiger partial charge is 0.497 e. The predicted molar refractivity (Wildman–Crippen MR) is 96.0 cm³/mol. The molecule has 2 rings (SSSR count). The van der Waals surface area contributed by atoms with Crippen LogP contribution in [0.1, 0.15) is 18.1 Å². The smallest absolute Gasteiger partial charge is 0.331 e. The van der Waals surface area contributed by atoms with E-state index in [1.807, 2.05) is 43.3 Å². The summed E-state index contributed by atoms with van der Waals surface area (Å²) in [5.74, 6) is 1.64. The Labute approximate surface area is 147 Å². The summed E-state index contributed by atoms with van der Waals surface area (Å²) in [6, 6.07) is 12.8. The number of hydrogen-bond acceptors (Lipinski definition) is 5.